The number of carbonyl (C=O) groups is 1. The predicted octanol–water partition coefficient (Wildman–Crippen LogP) is 5.02. The highest BCUT2D eigenvalue weighted by Crippen LogP contribution is 2.21. The van der Waals surface area contributed by atoms with Crippen molar-refractivity contribution in [2.45, 2.75) is 65.3 Å². The van der Waals surface area contributed by atoms with Gasteiger partial charge in [-0.25, -0.2) is 9.97 Å². The van der Waals surface area contributed by atoms with Crippen LogP contribution in [-0.2, 0) is 0 Å². The fourth-order valence-electron chi connectivity index (χ4n) is 3.90. The smallest absolute Gasteiger partial charge is 0.274 e. The average Bonchev–Trinajstić information content (AvgIpc) is 2.98. The van der Waals surface area contributed by atoms with E-state index in [9.17, 15) is 4.79 Å². The number of hydrogen-bond acceptors (Lipinski definition) is 5. The molecule has 1 aliphatic rings. The number of amides is 1. The third-order valence-corrected chi connectivity index (χ3v) is 5.53. The zero-order valence-corrected chi connectivity index (χ0v) is 17.9. The van der Waals surface area contributed by atoms with E-state index in [0.29, 0.717) is 17.7 Å². The summed E-state index contributed by atoms with van der Waals surface area (Å²) >= 11 is 0. The van der Waals surface area contributed by atoms with E-state index in [2.05, 4.69) is 39.3 Å². The summed E-state index contributed by atoms with van der Waals surface area (Å²) in [5.41, 5.74) is 3.10. The Labute approximate surface area is 174 Å². The Hall–Kier alpha value is -2.63. The van der Waals surface area contributed by atoms with E-state index in [1.807, 2.05) is 31.2 Å². The number of carbonyl (C=O) groups excluding carboxylic acids is 1. The molecule has 0 aliphatic heterocycles. The van der Waals surface area contributed by atoms with Crippen LogP contribution in [0.4, 0.5) is 17.3 Å². The normalized spacial score (nSPS) is 14.9. The minimum atomic E-state index is -0.213. The number of nitrogens with zero attached hydrogens (tertiary/aromatic N) is 3. The SMILES string of the molecule is CCN(CC)c1ccc(NC(=O)c2cc(C)nc(NC3CCCCCC3)n2)cc1. The maximum Gasteiger partial charge on any atom is 0.274 e. The first kappa shape index (κ1) is 21.1. The Balaban J connectivity index is 1.68. The maximum absolute atomic E-state index is 12.8. The van der Waals surface area contributed by atoms with E-state index in [-0.39, 0.29) is 5.91 Å². The monoisotopic (exact) mass is 395 g/mol. The molecule has 0 bridgehead atoms. The lowest BCUT2D eigenvalue weighted by molar-refractivity contribution is 0.102. The van der Waals surface area contributed by atoms with E-state index in [1.165, 1.54) is 25.7 Å². The molecule has 2 N–H and O–H groups in total. The van der Waals surface area contributed by atoms with Crippen molar-refractivity contribution in [1.82, 2.24) is 9.97 Å². The molecule has 1 aromatic heterocycles. The van der Waals surface area contributed by atoms with Gasteiger partial charge in [-0.3, -0.25) is 4.79 Å². The lowest BCUT2D eigenvalue weighted by Gasteiger charge is -2.21. The largest absolute Gasteiger partial charge is 0.372 e. The van der Waals surface area contributed by atoms with Crippen molar-refractivity contribution in [3.05, 3.63) is 41.7 Å². The molecule has 29 heavy (non-hydrogen) atoms. The van der Waals surface area contributed by atoms with Gasteiger partial charge in [0.15, 0.2) is 0 Å². The van der Waals surface area contributed by atoms with E-state index in [4.69, 9.17) is 0 Å². The second kappa shape index (κ2) is 10.2. The van der Waals surface area contributed by atoms with Gasteiger partial charge in [0.1, 0.15) is 5.69 Å². The molecule has 1 fully saturated rings. The van der Waals surface area contributed by atoms with Crippen molar-refractivity contribution in [1.29, 1.82) is 0 Å². The molecule has 6 nitrogen and oxygen atoms in total. The fraction of sp³-hybridized carbons (Fsp3) is 0.522. The highest BCUT2D eigenvalue weighted by molar-refractivity contribution is 6.03. The summed E-state index contributed by atoms with van der Waals surface area (Å²) in [5.74, 6) is 0.342. The summed E-state index contributed by atoms with van der Waals surface area (Å²) in [6.45, 7) is 8.09. The average molecular weight is 396 g/mol. The highest BCUT2D eigenvalue weighted by atomic mass is 16.1. The molecule has 3 rings (SSSR count). The van der Waals surface area contributed by atoms with Crippen LogP contribution in [0.1, 0.15) is 68.6 Å². The summed E-state index contributed by atoms with van der Waals surface area (Å²) in [6.07, 6.45) is 7.34. The first-order valence-electron chi connectivity index (χ1n) is 10.9. The van der Waals surface area contributed by atoms with Crippen LogP contribution in [-0.4, -0.2) is 35.0 Å². The predicted molar refractivity (Wildman–Crippen MR) is 120 cm³/mol. The van der Waals surface area contributed by atoms with Gasteiger partial charge < -0.3 is 15.5 Å². The van der Waals surface area contributed by atoms with E-state index in [1.54, 1.807) is 6.07 Å². The Morgan fingerprint density at radius 2 is 1.69 bits per heavy atom. The van der Waals surface area contributed by atoms with Crippen LogP contribution in [0.2, 0.25) is 0 Å². The van der Waals surface area contributed by atoms with Crippen LogP contribution in [0.5, 0.6) is 0 Å². The summed E-state index contributed by atoms with van der Waals surface area (Å²) in [5, 5.41) is 6.40. The third kappa shape index (κ3) is 5.92. The fourth-order valence-corrected chi connectivity index (χ4v) is 3.90. The number of aryl methyl sites for hydroxylation is 1. The number of nitrogens with one attached hydrogen (secondary N) is 2. The molecule has 6 heteroatoms. The second-order valence-electron chi connectivity index (χ2n) is 7.72. The van der Waals surface area contributed by atoms with Gasteiger partial charge in [-0.2, -0.15) is 0 Å². The molecule has 0 atom stereocenters. The Morgan fingerprint density at radius 3 is 2.31 bits per heavy atom. The quantitative estimate of drug-likeness (QED) is 0.644. The Bertz CT molecular complexity index is 793. The molecule has 0 unspecified atom stereocenters. The molecule has 0 spiro atoms. The topological polar surface area (TPSA) is 70.2 Å². The minimum Gasteiger partial charge on any atom is -0.372 e. The van der Waals surface area contributed by atoms with Crippen molar-refractivity contribution >= 4 is 23.2 Å². The zero-order chi connectivity index (χ0) is 20.6. The summed E-state index contributed by atoms with van der Waals surface area (Å²) < 4.78 is 0. The van der Waals surface area contributed by atoms with Crippen LogP contribution in [0.15, 0.2) is 30.3 Å². The molecule has 0 radical (unpaired) electrons. The molecule has 0 saturated heterocycles. The van der Waals surface area contributed by atoms with Gasteiger partial charge in [0.05, 0.1) is 0 Å². The van der Waals surface area contributed by atoms with Gasteiger partial charge in [0, 0.05) is 36.2 Å². The van der Waals surface area contributed by atoms with Crippen molar-refractivity contribution in [3.63, 3.8) is 0 Å². The Kier molecular flexibility index (Phi) is 7.44. The molecule has 2 aromatic rings. The van der Waals surface area contributed by atoms with Gasteiger partial charge in [0.25, 0.3) is 5.91 Å². The number of benzene rings is 1. The van der Waals surface area contributed by atoms with Crippen molar-refractivity contribution in [2.24, 2.45) is 0 Å². The lowest BCUT2D eigenvalue weighted by atomic mass is 10.1. The van der Waals surface area contributed by atoms with Crippen molar-refractivity contribution in [3.8, 4) is 0 Å². The standard InChI is InChI=1S/C23H33N5O/c1-4-28(5-2)20-14-12-19(13-15-20)25-22(29)21-16-17(3)24-23(27-21)26-18-10-8-6-7-9-11-18/h12-16,18H,4-11H2,1-3H3,(H,25,29)(H,24,26,27). The molecule has 1 saturated carbocycles. The summed E-state index contributed by atoms with van der Waals surface area (Å²) in [7, 11) is 0. The first-order chi connectivity index (χ1) is 14.1. The van der Waals surface area contributed by atoms with E-state index >= 15 is 0 Å². The Morgan fingerprint density at radius 1 is 1.03 bits per heavy atom. The molecule has 1 aliphatic carbocycles. The minimum absolute atomic E-state index is 0.213. The van der Waals surface area contributed by atoms with Crippen LogP contribution >= 0.6 is 0 Å². The van der Waals surface area contributed by atoms with Gasteiger partial charge in [-0.05, 0) is 63.9 Å². The molecule has 1 heterocycles. The third-order valence-electron chi connectivity index (χ3n) is 5.53. The number of anilines is 3. The molecular formula is C23H33N5O. The molecule has 1 aromatic carbocycles. The number of rotatable bonds is 7. The van der Waals surface area contributed by atoms with E-state index in [0.717, 1.165) is 43.0 Å². The van der Waals surface area contributed by atoms with Gasteiger partial charge in [-0.15, -0.1) is 0 Å². The van der Waals surface area contributed by atoms with Crippen molar-refractivity contribution < 1.29 is 4.79 Å². The highest BCUT2D eigenvalue weighted by Gasteiger charge is 2.16. The molecule has 1 amide bonds. The van der Waals surface area contributed by atoms with Crippen molar-refractivity contribution in [2.75, 3.05) is 28.6 Å². The number of hydrogen-bond donors (Lipinski definition) is 2. The summed E-state index contributed by atoms with van der Waals surface area (Å²) in [6, 6.07) is 10.1. The summed E-state index contributed by atoms with van der Waals surface area (Å²) in [4.78, 5) is 24.0. The molecule has 156 valence electrons. The van der Waals surface area contributed by atoms with E-state index < -0.39 is 0 Å². The zero-order valence-electron chi connectivity index (χ0n) is 17.9. The van der Waals surface area contributed by atoms with Gasteiger partial charge in [0.2, 0.25) is 5.95 Å². The maximum atomic E-state index is 12.8. The second-order valence-corrected chi connectivity index (χ2v) is 7.72. The lowest BCUT2D eigenvalue weighted by Crippen LogP contribution is -2.22. The molecular weight excluding hydrogens is 362 g/mol. The van der Waals surface area contributed by atoms with Gasteiger partial charge in [-0.1, -0.05) is 25.7 Å². The van der Waals surface area contributed by atoms with Gasteiger partial charge >= 0.3 is 0 Å². The van der Waals surface area contributed by atoms with Crippen LogP contribution in [0.3, 0.4) is 0 Å². The van der Waals surface area contributed by atoms with Crippen LogP contribution < -0.4 is 15.5 Å². The van der Waals surface area contributed by atoms with Crippen LogP contribution in [0, 0.1) is 6.92 Å². The number of aromatic nitrogens is 2. The van der Waals surface area contributed by atoms with Crippen LogP contribution in [0.25, 0.3) is 0 Å². The first-order valence-corrected chi connectivity index (χ1v) is 10.9.